The summed E-state index contributed by atoms with van der Waals surface area (Å²) in [6.45, 7) is 4.82. The van der Waals surface area contributed by atoms with Crippen LogP contribution in [0, 0.1) is 0 Å². The topological polar surface area (TPSA) is 30.5 Å². The first-order chi connectivity index (χ1) is 9.72. The van der Waals surface area contributed by atoms with Gasteiger partial charge in [0.2, 0.25) is 0 Å². The Balaban J connectivity index is 2.01. The quantitative estimate of drug-likeness (QED) is 0.851. The fraction of sp³-hybridized carbons (Fsp3) is 0.294. The van der Waals surface area contributed by atoms with E-state index in [4.69, 9.17) is 9.47 Å². The first kappa shape index (κ1) is 14.3. The Hall–Kier alpha value is -2.16. The van der Waals surface area contributed by atoms with Crippen LogP contribution in [0.2, 0.25) is 0 Å². The van der Waals surface area contributed by atoms with Crippen LogP contribution >= 0.6 is 0 Å². The first-order valence-electron chi connectivity index (χ1n) is 6.86. The lowest BCUT2D eigenvalue weighted by Crippen LogP contribution is -2.06. The van der Waals surface area contributed by atoms with E-state index in [9.17, 15) is 0 Å². The second-order valence-corrected chi connectivity index (χ2v) is 4.60. The minimum atomic E-state index is 0.235. The van der Waals surface area contributed by atoms with Gasteiger partial charge >= 0.3 is 0 Å². The fourth-order valence-corrected chi connectivity index (χ4v) is 2.04. The van der Waals surface area contributed by atoms with Crippen LogP contribution < -0.4 is 14.8 Å². The first-order valence-corrected chi connectivity index (χ1v) is 6.86. The maximum absolute atomic E-state index is 5.45. The third-order valence-electron chi connectivity index (χ3n) is 3.16. The summed E-state index contributed by atoms with van der Waals surface area (Å²) in [5.74, 6) is 1.78. The van der Waals surface area contributed by atoms with Gasteiger partial charge in [0.15, 0.2) is 0 Å². The van der Waals surface area contributed by atoms with Crippen LogP contribution in [-0.2, 0) is 0 Å². The van der Waals surface area contributed by atoms with Crippen molar-refractivity contribution in [3.05, 3.63) is 54.1 Å². The molecule has 3 nitrogen and oxygen atoms in total. The monoisotopic (exact) mass is 271 g/mol. The zero-order valence-corrected chi connectivity index (χ0v) is 12.2. The Morgan fingerprint density at radius 2 is 1.55 bits per heavy atom. The highest BCUT2D eigenvalue weighted by Crippen LogP contribution is 2.23. The molecule has 0 spiro atoms. The van der Waals surface area contributed by atoms with E-state index >= 15 is 0 Å². The largest absolute Gasteiger partial charge is 0.497 e. The average molecular weight is 271 g/mol. The molecule has 2 aromatic carbocycles. The van der Waals surface area contributed by atoms with Gasteiger partial charge in [0.1, 0.15) is 11.5 Å². The lowest BCUT2D eigenvalue weighted by Gasteiger charge is -2.16. The standard InChI is InChI=1S/C17H21NO2/c1-4-20-17-9-5-14(6-10-17)13(2)18-15-7-11-16(19-3)12-8-15/h5-13,18H,4H2,1-3H3. The van der Waals surface area contributed by atoms with Gasteiger partial charge < -0.3 is 14.8 Å². The number of rotatable bonds is 6. The molecule has 2 rings (SSSR count). The number of ether oxygens (including phenoxy) is 2. The van der Waals surface area contributed by atoms with E-state index in [-0.39, 0.29) is 6.04 Å². The van der Waals surface area contributed by atoms with Gasteiger partial charge in [-0.3, -0.25) is 0 Å². The molecule has 0 bridgehead atoms. The molecule has 2 aromatic rings. The second kappa shape index (κ2) is 6.85. The van der Waals surface area contributed by atoms with E-state index < -0.39 is 0 Å². The van der Waals surface area contributed by atoms with Crippen molar-refractivity contribution < 1.29 is 9.47 Å². The third kappa shape index (κ3) is 3.67. The summed E-state index contributed by atoms with van der Waals surface area (Å²) in [4.78, 5) is 0. The van der Waals surface area contributed by atoms with Crippen LogP contribution in [0.4, 0.5) is 5.69 Å². The molecule has 106 valence electrons. The van der Waals surface area contributed by atoms with E-state index in [0.717, 1.165) is 17.2 Å². The molecule has 1 N–H and O–H groups in total. The van der Waals surface area contributed by atoms with Gasteiger partial charge in [-0.1, -0.05) is 12.1 Å². The molecule has 0 saturated carbocycles. The summed E-state index contributed by atoms with van der Waals surface area (Å²) in [7, 11) is 1.67. The number of hydrogen-bond acceptors (Lipinski definition) is 3. The van der Waals surface area contributed by atoms with Crippen LogP contribution in [0.5, 0.6) is 11.5 Å². The lowest BCUT2D eigenvalue weighted by atomic mass is 10.1. The lowest BCUT2D eigenvalue weighted by molar-refractivity contribution is 0.340. The highest BCUT2D eigenvalue weighted by Gasteiger charge is 2.05. The van der Waals surface area contributed by atoms with E-state index in [2.05, 4.69) is 24.4 Å². The van der Waals surface area contributed by atoms with Crippen LogP contribution in [0.25, 0.3) is 0 Å². The summed E-state index contributed by atoms with van der Waals surface area (Å²) < 4.78 is 10.6. The van der Waals surface area contributed by atoms with Crippen molar-refractivity contribution in [1.82, 2.24) is 0 Å². The molecule has 0 aromatic heterocycles. The van der Waals surface area contributed by atoms with Crippen molar-refractivity contribution >= 4 is 5.69 Å². The van der Waals surface area contributed by atoms with Gasteiger partial charge in [-0.25, -0.2) is 0 Å². The van der Waals surface area contributed by atoms with Crippen molar-refractivity contribution in [2.45, 2.75) is 19.9 Å². The second-order valence-electron chi connectivity index (χ2n) is 4.60. The van der Waals surface area contributed by atoms with E-state index in [1.165, 1.54) is 5.56 Å². The number of anilines is 1. The zero-order valence-electron chi connectivity index (χ0n) is 12.2. The number of hydrogen-bond donors (Lipinski definition) is 1. The van der Waals surface area contributed by atoms with Gasteiger partial charge in [-0.2, -0.15) is 0 Å². The summed E-state index contributed by atoms with van der Waals surface area (Å²) in [5.41, 5.74) is 2.30. The molecule has 1 atom stereocenters. The summed E-state index contributed by atoms with van der Waals surface area (Å²) in [5, 5.41) is 3.46. The van der Waals surface area contributed by atoms with Crippen molar-refractivity contribution in [1.29, 1.82) is 0 Å². The number of benzene rings is 2. The number of nitrogens with one attached hydrogen (secondary N) is 1. The summed E-state index contributed by atoms with van der Waals surface area (Å²) in [6, 6.07) is 16.4. The Kier molecular flexibility index (Phi) is 4.88. The maximum Gasteiger partial charge on any atom is 0.119 e. The molecule has 0 radical (unpaired) electrons. The smallest absolute Gasteiger partial charge is 0.119 e. The Morgan fingerprint density at radius 3 is 2.10 bits per heavy atom. The third-order valence-corrected chi connectivity index (χ3v) is 3.16. The predicted octanol–water partition coefficient (Wildman–Crippen LogP) is 4.27. The zero-order chi connectivity index (χ0) is 14.4. The van der Waals surface area contributed by atoms with Crippen LogP contribution in [0.15, 0.2) is 48.5 Å². The molecular formula is C17H21NO2. The highest BCUT2D eigenvalue weighted by atomic mass is 16.5. The Morgan fingerprint density at radius 1 is 0.950 bits per heavy atom. The van der Waals surface area contributed by atoms with E-state index in [0.29, 0.717) is 6.61 Å². The van der Waals surface area contributed by atoms with Gasteiger partial charge in [0.25, 0.3) is 0 Å². The maximum atomic E-state index is 5.45. The molecular weight excluding hydrogens is 250 g/mol. The Labute approximate surface area is 120 Å². The molecule has 0 aliphatic heterocycles. The van der Waals surface area contributed by atoms with Crippen molar-refractivity contribution in [3.63, 3.8) is 0 Å². The molecule has 0 amide bonds. The molecule has 0 aliphatic rings. The van der Waals surface area contributed by atoms with Gasteiger partial charge in [-0.05, 0) is 55.8 Å². The number of methoxy groups -OCH3 is 1. The molecule has 0 fully saturated rings. The normalized spacial score (nSPS) is 11.8. The molecule has 0 aliphatic carbocycles. The highest BCUT2D eigenvalue weighted by molar-refractivity contribution is 5.48. The molecule has 3 heteroatoms. The molecule has 1 unspecified atom stereocenters. The minimum Gasteiger partial charge on any atom is -0.497 e. The van der Waals surface area contributed by atoms with Crippen molar-refractivity contribution in [2.24, 2.45) is 0 Å². The average Bonchev–Trinajstić information content (AvgIpc) is 2.49. The van der Waals surface area contributed by atoms with Gasteiger partial charge in [-0.15, -0.1) is 0 Å². The molecule has 0 saturated heterocycles. The summed E-state index contributed by atoms with van der Waals surface area (Å²) >= 11 is 0. The van der Waals surface area contributed by atoms with E-state index in [1.807, 2.05) is 43.3 Å². The minimum absolute atomic E-state index is 0.235. The van der Waals surface area contributed by atoms with Gasteiger partial charge in [0.05, 0.1) is 13.7 Å². The van der Waals surface area contributed by atoms with E-state index in [1.54, 1.807) is 7.11 Å². The van der Waals surface area contributed by atoms with Crippen LogP contribution in [0.3, 0.4) is 0 Å². The fourth-order valence-electron chi connectivity index (χ4n) is 2.04. The van der Waals surface area contributed by atoms with Crippen LogP contribution in [0.1, 0.15) is 25.5 Å². The summed E-state index contributed by atoms with van der Waals surface area (Å²) in [6.07, 6.45) is 0. The van der Waals surface area contributed by atoms with Crippen molar-refractivity contribution in [3.8, 4) is 11.5 Å². The molecule has 20 heavy (non-hydrogen) atoms. The van der Waals surface area contributed by atoms with Crippen LogP contribution in [-0.4, -0.2) is 13.7 Å². The predicted molar refractivity (Wildman–Crippen MR) is 82.6 cm³/mol. The molecule has 0 heterocycles. The SMILES string of the molecule is CCOc1ccc(C(C)Nc2ccc(OC)cc2)cc1. The Bertz CT molecular complexity index is 520. The van der Waals surface area contributed by atoms with Gasteiger partial charge in [0, 0.05) is 11.7 Å². The van der Waals surface area contributed by atoms with Crippen molar-refractivity contribution in [2.75, 3.05) is 19.0 Å².